The van der Waals surface area contributed by atoms with E-state index in [2.05, 4.69) is 13.8 Å². The molecule has 9 unspecified atom stereocenters. The van der Waals surface area contributed by atoms with E-state index in [9.17, 15) is 5.11 Å². The maximum atomic E-state index is 9.82. The highest BCUT2D eigenvalue weighted by Crippen LogP contribution is 2.81. The standard InChI is InChI=1S/C18H28O2/c1-9(19)20-17(2,3)18-8-11-7-12-13-4-10(5-14(12)18)6-15(18)16(11)13/h9-16,19H,4-8H2,1-3H3. The van der Waals surface area contributed by atoms with Gasteiger partial charge < -0.3 is 9.84 Å². The molecule has 6 saturated carbocycles. The average molecular weight is 276 g/mol. The van der Waals surface area contributed by atoms with Gasteiger partial charge in [-0.3, -0.25) is 0 Å². The van der Waals surface area contributed by atoms with Gasteiger partial charge in [0.25, 0.3) is 0 Å². The fourth-order valence-corrected chi connectivity index (χ4v) is 8.51. The van der Waals surface area contributed by atoms with E-state index >= 15 is 0 Å². The smallest absolute Gasteiger partial charge is 0.152 e. The highest BCUT2D eigenvalue weighted by Gasteiger charge is 2.77. The van der Waals surface area contributed by atoms with Gasteiger partial charge in [-0.05, 0) is 94.3 Å². The van der Waals surface area contributed by atoms with Crippen LogP contribution in [0.4, 0.5) is 0 Å². The van der Waals surface area contributed by atoms with Crippen LogP contribution in [0.3, 0.4) is 0 Å². The summed E-state index contributed by atoms with van der Waals surface area (Å²) in [6.07, 6.45) is 6.76. The first-order valence-corrected chi connectivity index (χ1v) is 8.80. The van der Waals surface area contributed by atoms with Gasteiger partial charge in [-0.25, -0.2) is 0 Å². The molecule has 0 saturated heterocycles. The topological polar surface area (TPSA) is 29.5 Å². The van der Waals surface area contributed by atoms with Crippen molar-refractivity contribution in [1.82, 2.24) is 0 Å². The zero-order valence-corrected chi connectivity index (χ0v) is 13.0. The van der Waals surface area contributed by atoms with Crippen LogP contribution in [-0.2, 0) is 4.74 Å². The molecule has 0 spiro atoms. The summed E-state index contributed by atoms with van der Waals surface area (Å²) in [5.74, 6) is 6.90. The third-order valence-electron chi connectivity index (χ3n) is 8.43. The molecule has 6 aliphatic carbocycles. The van der Waals surface area contributed by atoms with Crippen molar-refractivity contribution in [2.75, 3.05) is 0 Å². The number of aliphatic hydroxyl groups is 1. The van der Waals surface area contributed by atoms with Crippen LogP contribution < -0.4 is 0 Å². The predicted molar refractivity (Wildman–Crippen MR) is 76.8 cm³/mol. The first kappa shape index (κ1) is 12.5. The molecule has 6 aliphatic rings. The van der Waals surface area contributed by atoms with Crippen molar-refractivity contribution < 1.29 is 9.84 Å². The van der Waals surface area contributed by atoms with E-state index in [0.717, 1.165) is 41.4 Å². The molecule has 112 valence electrons. The highest BCUT2D eigenvalue weighted by atomic mass is 16.6. The van der Waals surface area contributed by atoms with Crippen LogP contribution in [0.25, 0.3) is 0 Å². The summed E-state index contributed by atoms with van der Waals surface area (Å²) in [6, 6.07) is 0. The van der Waals surface area contributed by atoms with Crippen molar-refractivity contribution >= 4 is 0 Å². The minimum atomic E-state index is -0.632. The molecule has 0 amide bonds. The molecule has 0 aromatic rings. The lowest BCUT2D eigenvalue weighted by Gasteiger charge is -2.67. The molecule has 0 aromatic heterocycles. The Morgan fingerprint density at radius 2 is 1.85 bits per heavy atom. The quantitative estimate of drug-likeness (QED) is 0.800. The fourth-order valence-electron chi connectivity index (χ4n) is 8.51. The summed E-state index contributed by atoms with van der Waals surface area (Å²) in [5.41, 5.74) is 0.227. The summed E-state index contributed by atoms with van der Waals surface area (Å²) >= 11 is 0. The molecular formula is C18H28O2. The van der Waals surface area contributed by atoms with Crippen LogP contribution in [0, 0.1) is 46.8 Å². The maximum Gasteiger partial charge on any atom is 0.152 e. The third kappa shape index (κ3) is 1.15. The van der Waals surface area contributed by atoms with E-state index in [1.807, 2.05) is 0 Å². The normalized spacial score (nSPS) is 59.7. The summed E-state index contributed by atoms with van der Waals surface area (Å²) in [4.78, 5) is 0. The molecule has 0 radical (unpaired) electrons. The van der Waals surface area contributed by atoms with E-state index < -0.39 is 6.29 Å². The minimum absolute atomic E-state index is 0.157. The lowest BCUT2D eigenvalue weighted by atomic mass is 9.39. The van der Waals surface area contributed by atoms with Crippen LogP contribution in [0.2, 0.25) is 0 Å². The lowest BCUT2D eigenvalue weighted by molar-refractivity contribution is -0.274. The number of hydrogen-bond donors (Lipinski definition) is 1. The molecule has 20 heavy (non-hydrogen) atoms. The van der Waals surface area contributed by atoms with E-state index in [1.165, 1.54) is 25.7 Å². The fraction of sp³-hybridized carbons (Fsp3) is 1.00. The monoisotopic (exact) mass is 276 g/mol. The van der Waals surface area contributed by atoms with Crippen molar-refractivity contribution in [2.45, 2.75) is 64.8 Å². The summed E-state index contributed by atoms with van der Waals surface area (Å²) in [5, 5.41) is 9.82. The van der Waals surface area contributed by atoms with E-state index in [-0.39, 0.29) is 5.60 Å². The molecule has 0 heterocycles. The van der Waals surface area contributed by atoms with Gasteiger partial charge in [-0.1, -0.05) is 0 Å². The van der Waals surface area contributed by atoms with Gasteiger partial charge in [0.15, 0.2) is 6.29 Å². The zero-order chi connectivity index (χ0) is 13.9. The largest absolute Gasteiger partial charge is 0.368 e. The molecule has 7 bridgehead atoms. The predicted octanol–water partition coefficient (Wildman–Crippen LogP) is 3.44. The number of rotatable bonds is 3. The third-order valence-corrected chi connectivity index (χ3v) is 8.43. The van der Waals surface area contributed by atoms with E-state index in [0.29, 0.717) is 5.41 Å². The average Bonchev–Trinajstić information content (AvgIpc) is 2.84. The second kappa shape index (κ2) is 3.46. The summed E-state index contributed by atoms with van der Waals surface area (Å²) in [7, 11) is 0. The van der Waals surface area contributed by atoms with Crippen molar-refractivity contribution in [3.63, 3.8) is 0 Å². The zero-order valence-electron chi connectivity index (χ0n) is 13.0. The van der Waals surface area contributed by atoms with Gasteiger partial charge in [0.2, 0.25) is 0 Å². The minimum Gasteiger partial charge on any atom is -0.368 e. The number of ether oxygens (including phenoxy) is 1. The lowest BCUT2D eigenvalue weighted by Crippen LogP contribution is -2.64. The van der Waals surface area contributed by atoms with Gasteiger partial charge in [0, 0.05) is 5.41 Å². The van der Waals surface area contributed by atoms with Crippen LogP contribution in [0.1, 0.15) is 52.9 Å². The van der Waals surface area contributed by atoms with Crippen molar-refractivity contribution in [3.05, 3.63) is 0 Å². The van der Waals surface area contributed by atoms with Crippen LogP contribution in [0.5, 0.6) is 0 Å². The first-order chi connectivity index (χ1) is 9.44. The molecule has 1 N–H and O–H groups in total. The Hall–Kier alpha value is -0.0800. The van der Waals surface area contributed by atoms with Crippen LogP contribution in [0.15, 0.2) is 0 Å². The van der Waals surface area contributed by atoms with Crippen LogP contribution in [-0.4, -0.2) is 17.0 Å². The van der Waals surface area contributed by atoms with Crippen molar-refractivity contribution in [1.29, 1.82) is 0 Å². The Kier molecular flexibility index (Phi) is 2.15. The molecule has 2 nitrogen and oxygen atoms in total. The Balaban J connectivity index is 1.62. The van der Waals surface area contributed by atoms with Crippen molar-refractivity contribution in [3.8, 4) is 0 Å². The maximum absolute atomic E-state index is 9.82. The van der Waals surface area contributed by atoms with Gasteiger partial charge in [0.1, 0.15) is 0 Å². The van der Waals surface area contributed by atoms with Crippen molar-refractivity contribution in [2.24, 2.45) is 46.8 Å². The number of aliphatic hydroxyl groups excluding tert-OH is 1. The Morgan fingerprint density at radius 1 is 1.10 bits per heavy atom. The molecule has 0 aliphatic heterocycles. The highest BCUT2D eigenvalue weighted by molar-refractivity contribution is 5.25. The van der Waals surface area contributed by atoms with Gasteiger partial charge >= 0.3 is 0 Å². The second-order valence-corrected chi connectivity index (χ2v) is 9.16. The molecular weight excluding hydrogens is 248 g/mol. The van der Waals surface area contributed by atoms with Crippen LogP contribution >= 0.6 is 0 Å². The first-order valence-electron chi connectivity index (χ1n) is 8.80. The molecule has 6 fully saturated rings. The molecule has 6 rings (SSSR count). The summed E-state index contributed by atoms with van der Waals surface area (Å²) in [6.45, 7) is 6.34. The Bertz CT molecular complexity index is 446. The second-order valence-electron chi connectivity index (χ2n) is 9.16. The van der Waals surface area contributed by atoms with Gasteiger partial charge in [-0.15, -0.1) is 0 Å². The molecule has 9 atom stereocenters. The van der Waals surface area contributed by atoms with Gasteiger partial charge in [-0.2, -0.15) is 0 Å². The molecule has 0 aromatic carbocycles. The Morgan fingerprint density at radius 3 is 2.60 bits per heavy atom. The van der Waals surface area contributed by atoms with Gasteiger partial charge in [0.05, 0.1) is 5.60 Å². The number of hydrogen-bond acceptors (Lipinski definition) is 2. The van der Waals surface area contributed by atoms with E-state index in [1.54, 1.807) is 13.3 Å². The Labute approximate surface area is 122 Å². The molecule has 2 heteroatoms. The SMILES string of the molecule is CC(O)OC(C)(C)C12CC3CC4C5CC(CC41)CC2C35. The van der Waals surface area contributed by atoms with E-state index in [4.69, 9.17) is 4.74 Å². The summed E-state index contributed by atoms with van der Waals surface area (Å²) < 4.78 is 6.11.